The molecular formula is C14H18N2O3. The molecule has 5 heteroatoms. The molecule has 0 aromatic rings. The largest absolute Gasteiger partial charge is 0.330 e. The van der Waals surface area contributed by atoms with E-state index < -0.39 is 36.2 Å². The zero-order valence-corrected chi connectivity index (χ0v) is 10.9. The second-order valence-corrected chi connectivity index (χ2v) is 4.26. The maximum Gasteiger partial charge on any atom is 0.330 e. The van der Waals surface area contributed by atoms with E-state index in [1.165, 1.54) is 6.08 Å². The lowest BCUT2D eigenvalue weighted by Crippen LogP contribution is -2.64. The Kier molecular flexibility index (Phi) is 3.24. The molecule has 0 bridgehead atoms. The molecule has 0 spiro atoms. The van der Waals surface area contributed by atoms with Crippen molar-refractivity contribution in [3.8, 4) is 11.8 Å². The minimum Gasteiger partial charge on any atom is -0.277 e. The molecule has 1 aliphatic rings. The van der Waals surface area contributed by atoms with Crippen LogP contribution in [0, 0.1) is 23.2 Å². The van der Waals surface area contributed by atoms with Gasteiger partial charge in [0.25, 0.3) is 0 Å². The van der Waals surface area contributed by atoms with Gasteiger partial charge in [0.15, 0.2) is 0 Å². The number of imide groups is 2. The molecule has 102 valence electrons. The Morgan fingerprint density at radius 1 is 1.58 bits per heavy atom. The number of rotatable bonds is 3. The second kappa shape index (κ2) is 5.70. The van der Waals surface area contributed by atoms with Crippen LogP contribution in [0.15, 0.2) is 12.7 Å². The van der Waals surface area contributed by atoms with Crippen molar-refractivity contribution in [1.82, 2.24) is 10.2 Å². The van der Waals surface area contributed by atoms with E-state index in [9.17, 15) is 14.4 Å². The average Bonchev–Trinajstić information content (AvgIpc) is 2.38. The molecule has 0 aromatic heterocycles. The van der Waals surface area contributed by atoms with E-state index in [0.717, 1.165) is 0 Å². The molecule has 0 radical (unpaired) electrons. The van der Waals surface area contributed by atoms with Crippen LogP contribution in [0.3, 0.4) is 0 Å². The zero-order valence-electron chi connectivity index (χ0n) is 13.9. The summed E-state index contributed by atoms with van der Waals surface area (Å²) in [4.78, 5) is 36.9. The van der Waals surface area contributed by atoms with Gasteiger partial charge in [-0.3, -0.25) is 19.8 Å². The number of hydrogen-bond donors (Lipinski definition) is 1. The first-order valence-electron chi connectivity index (χ1n) is 7.42. The Morgan fingerprint density at radius 2 is 2.26 bits per heavy atom. The SMILES string of the molecule is [2H]C([2H])([2H])N1C(=O)NC(=O)C(CC=C)(C(C)C#CCC)C1=O. The minimum absolute atomic E-state index is 0.113. The summed E-state index contributed by atoms with van der Waals surface area (Å²) in [5.74, 6) is 2.86. The fourth-order valence-electron chi connectivity index (χ4n) is 2.00. The van der Waals surface area contributed by atoms with Crippen molar-refractivity contribution < 1.29 is 18.5 Å². The van der Waals surface area contributed by atoms with Crippen LogP contribution in [-0.2, 0) is 9.59 Å². The summed E-state index contributed by atoms with van der Waals surface area (Å²) < 4.78 is 22.0. The molecule has 1 fully saturated rings. The van der Waals surface area contributed by atoms with Gasteiger partial charge in [-0.05, 0) is 13.3 Å². The predicted molar refractivity (Wildman–Crippen MR) is 70.8 cm³/mol. The lowest BCUT2D eigenvalue weighted by molar-refractivity contribution is -0.152. The number of urea groups is 1. The third kappa shape index (κ3) is 2.39. The van der Waals surface area contributed by atoms with Gasteiger partial charge in [-0.2, -0.15) is 0 Å². The molecule has 1 aliphatic heterocycles. The number of hydrogen-bond acceptors (Lipinski definition) is 3. The van der Waals surface area contributed by atoms with E-state index >= 15 is 0 Å². The first-order chi connectivity index (χ1) is 10.1. The number of nitrogens with zero attached hydrogens (tertiary/aromatic N) is 1. The summed E-state index contributed by atoms with van der Waals surface area (Å²) in [5.41, 5.74) is -1.77. The minimum atomic E-state index is -2.98. The van der Waals surface area contributed by atoms with Crippen molar-refractivity contribution in [2.45, 2.75) is 26.7 Å². The van der Waals surface area contributed by atoms with Gasteiger partial charge < -0.3 is 0 Å². The molecule has 2 unspecified atom stereocenters. The maximum absolute atomic E-state index is 12.7. The molecule has 4 amide bonds. The second-order valence-electron chi connectivity index (χ2n) is 4.26. The molecule has 0 aliphatic carbocycles. The quantitative estimate of drug-likeness (QED) is 0.475. The van der Waals surface area contributed by atoms with Gasteiger partial charge in [-0.1, -0.05) is 18.9 Å². The van der Waals surface area contributed by atoms with Gasteiger partial charge in [0.1, 0.15) is 5.41 Å². The van der Waals surface area contributed by atoms with E-state index in [0.29, 0.717) is 6.42 Å². The molecule has 0 aromatic carbocycles. The third-order valence-corrected chi connectivity index (χ3v) is 3.11. The fraction of sp³-hybridized carbons (Fsp3) is 0.500. The predicted octanol–water partition coefficient (Wildman–Crippen LogP) is 1.31. The van der Waals surface area contributed by atoms with Crippen LogP contribution in [0.5, 0.6) is 0 Å². The molecule has 1 N–H and O–H groups in total. The van der Waals surface area contributed by atoms with Crippen LogP contribution in [0.1, 0.15) is 30.8 Å². The summed E-state index contributed by atoms with van der Waals surface area (Å²) in [5, 5.41) is 1.95. The Bertz CT molecular complexity index is 574. The summed E-state index contributed by atoms with van der Waals surface area (Å²) in [6.07, 6.45) is 1.75. The third-order valence-electron chi connectivity index (χ3n) is 3.11. The van der Waals surface area contributed by atoms with Crippen LogP contribution in [0.25, 0.3) is 0 Å². The number of carbonyl (C=O) groups excluding carboxylic acids is 3. The average molecular weight is 265 g/mol. The first-order valence-corrected chi connectivity index (χ1v) is 5.92. The van der Waals surface area contributed by atoms with Crippen LogP contribution in [0.2, 0.25) is 0 Å². The van der Waals surface area contributed by atoms with Crippen molar-refractivity contribution in [3.63, 3.8) is 0 Å². The Morgan fingerprint density at radius 3 is 2.79 bits per heavy atom. The van der Waals surface area contributed by atoms with Crippen LogP contribution in [-0.4, -0.2) is 29.7 Å². The molecule has 0 saturated carbocycles. The monoisotopic (exact) mass is 265 g/mol. The number of amides is 4. The fourth-order valence-corrected chi connectivity index (χ4v) is 2.00. The van der Waals surface area contributed by atoms with Gasteiger partial charge in [0.2, 0.25) is 11.8 Å². The van der Waals surface area contributed by atoms with E-state index in [-0.39, 0.29) is 11.3 Å². The van der Waals surface area contributed by atoms with Gasteiger partial charge >= 0.3 is 6.03 Å². The highest BCUT2D eigenvalue weighted by Gasteiger charge is 2.55. The Labute approximate surface area is 117 Å². The van der Waals surface area contributed by atoms with E-state index in [1.54, 1.807) is 13.8 Å². The van der Waals surface area contributed by atoms with Gasteiger partial charge in [-0.15, -0.1) is 12.5 Å². The van der Waals surface area contributed by atoms with E-state index in [1.807, 2.05) is 5.32 Å². The van der Waals surface area contributed by atoms with Crippen molar-refractivity contribution in [1.29, 1.82) is 0 Å². The smallest absolute Gasteiger partial charge is 0.277 e. The van der Waals surface area contributed by atoms with Crippen molar-refractivity contribution in [2.24, 2.45) is 11.3 Å². The molecule has 1 heterocycles. The molecule has 2 atom stereocenters. The Balaban J connectivity index is 3.46. The van der Waals surface area contributed by atoms with Crippen LogP contribution >= 0.6 is 0 Å². The number of barbiturate groups is 1. The van der Waals surface area contributed by atoms with Crippen molar-refractivity contribution >= 4 is 17.8 Å². The normalized spacial score (nSPS) is 27.4. The van der Waals surface area contributed by atoms with Gasteiger partial charge in [-0.25, -0.2) is 4.79 Å². The summed E-state index contributed by atoms with van der Waals surface area (Å²) >= 11 is 0. The summed E-state index contributed by atoms with van der Waals surface area (Å²) in [7, 11) is 0. The highest BCUT2D eigenvalue weighted by Crippen LogP contribution is 2.36. The van der Waals surface area contributed by atoms with Crippen molar-refractivity contribution in [2.75, 3.05) is 6.98 Å². The van der Waals surface area contributed by atoms with E-state index in [2.05, 4.69) is 18.4 Å². The van der Waals surface area contributed by atoms with E-state index in [4.69, 9.17) is 4.11 Å². The first kappa shape index (κ1) is 10.8. The highest BCUT2D eigenvalue weighted by molar-refractivity contribution is 6.19. The topological polar surface area (TPSA) is 66.5 Å². The molecule has 1 saturated heterocycles. The highest BCUT2D eigenvalue weighted by atomic mass is 16.2. The van der Waals surface area contributed by atoms with Crippen LogP contribution < -0.4 is 5.32 Å². The van der Waals surface area contributed by atoms with Gasteiger partial charge in [0.05, 0.1) is 0 Å². The molecule has 19 heavy (non-hydrogen) atoms. The summed E-state index contributed by atoms with van der Waals surface area (Å²) in [6, 6.07) is -1.25. The lowest BCUT2D eigenvalue weighted by atomic mass is 9.71. The molecule has 5 nitrogen and oxygen atoms in total. The van der Waals surface area contributed by atoms with Gasteiger partial charge in [0, 0.05) is 23.4 Å². The lowest BCUT2D eigenvalue weighted by Gasteiger charge is -2.39. The number of allylic oxidation sites excluding steroid dienone is 1. The number of carbonyl (C=O) groups is 3. The number of nitrogens with one attached hydrogen (secondary N) is 1. The standard InChI is InChI=1S/C14H18N2O3/c1-5-7-8-10(3)14(9-6-2)11(17)15-13(19)16(4)12(14)18/h6,10H,2,5,9H2,1,3-4H3,(H,15,17,19)/i4D3. The van der Waals surface area contributed by atoms with Crippen LogP contribution in [0.4, 0.5) is 4.79 Å². The van der Waals surface area contributed by atoms with Crippen molar-refractivity contribution in [3.05, 3.63) is 12.7 Å². The zero-order chi connectivity index (χ0) is 17.1. The maximum atomic E-state index is 12.7. The Hall–Kier alpha value is -2.09. The molecular weight excluding hydrogens is 244 g/mol. The summed E-state index contributed by atoms with van der Waals surface area (Å²) in [6.45, 7) is 3.89. The molecule has 1 rings (SSSR count).